The second-order valence-corrected chi connectivity index (χ2v) is 8.94. The van der Waals surface area contributed by atoms with Crippen molar-refractivity contribution in [1.29, 1.82) is 0 Å². The minimum Gasteiger partial charge on any atom is -0.378 e. The number of amides is 1. The van der Waals surface area contributed by atoms with Gasteiger partial charge >= 0.3 is 5.69 Å². The molecule has 1 aromatic carbocycles. The van der Waals surface area contributed by atoms with E-state index in [2.05, 4.69) is 20.9 Å². The molecule has 170 valence electrons. The molecule has 1 aromatic heterocycles. The number of hydrogen-bond donors (Lipinski definition) is 0. The molecular formula is C24H31N5O3. The van der Waals surface area contributed by atoms with Gasteiger partial charge in [0.2, 0.25) is 5.91 Å². The van der Waals surface area contributed by atoms with Crippen LogP contribution < -0.4 is 20.4 Å². The Morgan fingerprint density at radius 1 is 1.16 bits per heavy atom. The fourth-order valence-electron chi connectivity index (χ4n) is 5.25. The third kappa shape index (κ3) is 3.99. The highest BCUT2D eigenvalue weighted by atomic mass is 16.5. The van der Waals surface area contributed by atoms with E-state index in [1.807, 2.05) is 24.1 Å². The SMILES string of the molecule is CN(c1cnc(=O)n(CC(=O)N2CCc3c(N4CCOCC4)cccc32)c1)C1CCCC1. The van der Waals surface area contributed by atoms with Crippen LogP contribution in [0, 0.1) is 0 Å². The molecule has 2 aliphatic heterocycles. The molecule has 5 rings (SSSR count). The average molecular weight is 438 g/mol. The molecule has 0 unspecified atom stereocenters. The molecule has 0 spiro atoms. The molecule has 1 amide bonds. The third-order valence-electron chi connectivity index (χ3n) is 7.08. The van der Waals surface area contributed by atoms with Crippen molar-refractivity contribution >= 4 is 23.0 Å². The van der Waals surface area contributed by atoms with Crippen molar-refractivity contribution in [1.82, 2.24) is 9.55 Å². The van der Waals surface area contributed by atoms with Gasteiger partial charge in [0.25, 0.3) is 0 Å². The number of hydrogen-bond acceptors (Lipinski definition) is 6. The minimum atomic E-state index is -0.386. The monoisotopic (exact) mass is 437 g/mol. The van der Waals surface area contributed by atoms with Gasteiger partial charge in [-0.05, 0) is 31.4 Å². The maximum atomic E-state index is 13.2. The number of aromatic nitrogens is 2. The molecule has 1 saturated carbocycles. The van der Waals surface area contributed by atoms with Crippen molar-refractivity contribution in [3.63, 3.8) is 0 Å². The third-order valence-corrected chi connectivity index (χ3v) is 7.08. The molecule has 8 heteroatoms. The zero-order valence-electron chi connectivity index (χ0n) is 18.7. The summed E-state index contributed by atoms with van der Waals surface area (Å²) in [5, 5.41) is 0. The van der Waals surface area contributed by atoms with Gasteiger partial charge in [-0.25, -0.2) is 4.79 Å². The second kappa shape index (κ2) is 8.94. The number of rotatable bonds is 5. The first-order chi connectivity index (χ1) is 15.6. The minimum absolute atomic E-state index is 0.000593. The van der Waals surface area contributed by atoms with E-state index in [0.717, 1.165) is 56.9 Å². The van der Waals surface area contributed by atoms with E-state index < -0.39 is 0 Å². The zero-order valence-corrected chi connectivity index (χ0v) is 18.7. The van der Waals surface area contributed by atoms with Crippen LogP contribution in [0.3, 0.4) is 0 Å². The molecular weight excluding hydrogens is 406 g/mol. The lowest BCUT2D eigenvalue weighted by atomic mass is 10.1. The molecule has 0 N–H and O–H groups in total. The zero-order chi connectivity index (χ0) is 22.1. The largest absolute Gasteiger partial charge is 0.378 e. The van der Waals surface area contributed by atoms with Crippen molar-refractivity contribution < 1.29 is 9.53 Å². The van der Waals surface area contributed by atoms with Crippen LogP contribution in [-0.4, -0.2) is 61.4 Å². The molecule has 3 heterocycles. The van der Waals surface area contributed by atoms with Crippen LogP contribution in [0.2, 0.25) is 0 Å². The van der Waals surface area contributed by atoms with Crippen LogP contribution in [0.25, 0.3) is 0 Å². The molecule has 0 bridgehead atoms. The average Bonchev–Trinajstić information content (AvgIpc) is 3.51. The van der Waals surface area contributed by atoms with E-state index in [1.165, 1.54) is 28.7 Å². The van der Waals surface area contributed by atoms with E-state index in [9.17, 15) is 9.59 Å². The van der Waals surface area contributed by atoms with E-state index >= 15 is 0 Å². The summed E-state index contributed by atoms with van der Waals surface area (Å²) in [6.07, 6.45) is 9.03. The second-order valence-electron chi connectivity index (χ2n) is 8.94. The predicted octanol–water partition coefficient (Wildman–Crippen LogP) is 2.05. The van der Waals surface area contributed by atoms with Crippen LogP contribution in [0.15, 0.2) is 35.4 Å². The van der Waals surface area contributed by atoms with Gasteiger partial charge in [0.1, 0.15) is 6.54 Å². The summed E-state index contributed by atoms with van der Waals surface area (Å²) in [5.41, 5.74) is 3.87. The number of fused-ring (bicyclic) bond motifs is 1. The Bertz CT molecular complexity index is 1040. The lowest BCUT2D eigenvalue weighted by molar-refractivity contribution is -0.119. The lowest BCUT2D eigenvalue weighted by Gasteiger charge is -2.30. The Hall–Kier alpha value is -2.87. The Kier molecular flexibility index (Phi) is 5.87. The fourth-order valence-corrected chi connectivity index (χ4v) is 5.25. The van der Waals surface area contributed by atoms with Gasteiger partial charge in [-0.15, -0.1) is 0 Å². The highest BCUT2D eigenvalue weighted by Crippen LogP contribution is 2.36. The van der Waals surface area contributed by atoms with Crippen LogP contribution in [0.1, 0.15) is 31.2 Å². The number of carbonyl (C=O) groups excluding carboxylic acids is 1. The van der Waals surface area contributed by atoms with Crippen LogP contribution in [-0.2, 0) is 22.5 Å². The van der Waals surface area contributed by atoms with E-state index in [0.29, 0.717) is 12.6 Å². The van der Waals surface area contributed by atoms with Gasteiger partial charge < -0.3 is 19.4 Å². The van der Waals surface area contributed by atoms with E-state index in [1.54, 1.807) is 12.4 Å². The number of carbonyl (C=O) groups is 1. The van der Waals surface area contributed by atoms with Crippen molar-refractivity contribution in [3.8, 4) is 0 Å². The lowest BCUT2D eigenvalue weighted by Crippen LogP contribution is -2.37. The summed E-state index contributed by atoms with van der Waals surface area (Å²) in [6, 6.07) is 6.63. The van der Waals surface area contributed by atoms with Gasteiger partial charge in [0.05, 0.1) is 25.1 Å². The smallest absolute Gasteiger partial charge is 0.348 e. The normalized spacial score (nSPS) is 18.8. The number of morpholine rings is 1. The van der Waals surface area contributed by atoms with Crippen molar-refractivity contribution in [2.75, 3.05) is 54.6 Å². The Morgan fingerprint density at radius 2 is 1.91 bits per heavy atom. The quantitative estimate of drug-likeness (QED) is 0.713. The van der Waals surface area contributed by atoms with Gasteiger partial charge in [-0.1, -0.05) is 18.9 Å². The maximum Gasteiger partial charge on any atom is 0.348 e. The number of benzene rings is 1. The van der Waals surface area contributed by atoms with Crippen molar-refractivity contribution in [2.45, 2.75) is 44.7 Å². The summed E-state index contributed by atoms with van der Waals surface area (Å²) in [6.45, 7) is 3.83. The van der Waals surface area contributed by atoms with E-state index in [-0.39, 0.29) is 18.1 Å². The molecule has 1 aliphatic carbocycles. The van der Waals surface area contributed by atoms with E-state index in [4.69, 9.17) is 4.74 Å². The van der Waals surface area contributed by atoms with Gasteiger partial charge in [0, 0.05) is 55.9 Å². The standard InChI is InChI=1S/C24H31N5O3/c1-26(18-5-2-3-6-18)19-15-25-24(31)28(16-19)17-23(30)29-10-9-20-21(7-4-8-22(20)29)27-11-13-32-14-12-27/h4,7-8,15-16,18H,2-3,5-6,9-14,17H2,1H3. The van der Waals surface area contributed by atoms with Gasteiger partial charge in [-0.3, -0.25) is 9.36 Å². The Labute approximate surface area is 188 Å². The van der Waals surface area contributed by atoms with Crippen LogP contribution >= 0.6 is 0 Å². The fraction of sp³-hybridized carbons (Fsp3) is 0.542. The molecule has 32 heavy (non-hydrogen) atoms. The number of nitrogens with zero attached hydrogens (tertiary/aromatic N) is 5. The predicted molar refractivity (Wildman–Crippen MR) is 125 cm³/mol. The summed E-state index contributed by atoms with van der Waals surface area (Å²) < 4.78 is 6.94. The molecule has 0 radical (unpaired) electrons. The summed E-state index contributed by atoms with van der Waals surface area (Å²) >= 11 is 0. The topological polar surface area (TPSA) is 70.9 Å². The molecule has 2 aromatic rings. The molecule has 3 aliphatic rings. The first kappa shape index (κ1) is 21.0. The van der Waals surface area contributed by atoms with Crippen molar-refractivity contribution in [3.05, 3.63) is 46.6 Å². The van der Waals surface area contributed by atoms with Gasteiger partial charge in [-0.2, -0.15) is 4.98 Å². The first-order valence-corrected chi connectivity index (χ1v) is 11.7. The number of ether oxygens (including phenoxy) is 1. The van der Waals surface area contributed by atoms with Crippen LogP contribution in [0.5, 0.6) is 0 Å². The summed E-state index contributed by atoms with van der Waals surface area (Å²) in [7, 11) is 2.05. The van der Waals surface area contributed by atoms with Crippen LogP contribution in [0.4, 0.5) is 17.1 Å². The first-order valence-electron chi connectivity index (χ1n) is 11.7. The highest BCUT2D eigenvalue weighted by Gasteiger charge is 2.29. The molecule has 1 saturated heterocycles. The summed E-state index contributed by atoms with van der Waals surface area (Å²) in [5.74, 6) is -0.0764. The maximum absolute atomic E-state index is 13.2. The Balaban J connectivity index is 1.35. The summed E-state index contributed by atoms with van der Waals surface area (Å²) in [4.78, 5) is 36.1. The van der Waals surface area contributed by atoms with Gasteiger partial charge in [0.15, 0.2) is 0 Å². The molecule has 8 nitrogen and oxygen atoms in total. The van der Waals surface area contributed by atoms with Crippen molar-refractivity contribution in [2.24, 2.45) is 0 Å². The molecule has 2 fully saturated rings. The molecule has 0 atom stereocenters. The highest BCUT2D eigenvalue weighted by molar-refractivity contribution is 5.96. The number of anilines is 3. The Morgan fingerprint density at radius 3 is 2.69 bits per heavy atom.